The molecule has 0 spiro atoms. The van der Waals surface area contributed by atoms with Crippen LogP contribution in [0.25, 0.3) is 0 Å². The Labute approximate surface area is 117 Å². The van der Waals surface area contributed by atoms with Gasteiger partial charge in [0, 0.05) is 13.0 Å². The monoisotopic (exact) mass is 279 g/mol. The minimum Gasteiger partial charge on any atom is -0.346 e. The zero-order chi connectivity index (χ0) is 12.5. The first-order chi connectivity index (χ1) is 8.74. The number of halogens is 1. The van der Waals surface area contributed by atoms with Crippen molar-refractivity contribution in [2.75, 3.05) is 0 Å². The number of aliphatic imine (C=N–C) groups is 1. The topological polar surface area (TPSA) is 61.8 Å². The average Bonchev–Trinajstić information content (AvgIpc) is 2.38. The molecule has 1 unspecified atom stereocenters. The van der Waals surface area contributed by atoms with Gasteiger partial charge >= 0.3 is 0 Å². The third kappa shape index (κ3) is 2.61. The van der Waals surface area contributed by atoms with Crippen molar-refractivity contribution in [1.29, 1.82) is 0 Å². The highest BCUT2D eigenvalue weighted by molar-refractivity contribution is 6.01. The van der Waals surface area contributed by atoms with E-state index in [0.29, 0.717) is 19.4 Å². The Morgan fingerprint density at radius 2 is 2.05 bits per heavy atom. The standard InChI is InChI=1S/C13H13N3O2.ClH/c17-12-6-5-11(13(18)15-12)16-7-9-3-1-2-4-10(9)14-8-16;/h1-4,8,11H,5-7H2,(H,15,17,18);1H. The molecule has 6 heteroatoms. The van der Waals surface area contributed by atoms with Gasteiger partial charge in [-0.05, 0) is 18.1 Å². The first-order valence-corrected chi connectivity index (χ1v) is 5.95. The zero-order valence-electron chi connectivity index (χ0n) is 10.2. The van der Waals surface area contributed by atoms with E-state index in [4.69, 9.17) is 0 Å². The van der Waals surface area contributed by atoms with E-state index in [0.717, 1.165) is 11.3 Å². The summed E-state index contributed by atoms with van der Waals surface area (Å²) in [6.45, 7) is 0.659. The number of benzene rings is 1. The van der Waals surface area contributed by atoms with Gasteiger partial charge in [0.25, 0.3) is 0 Å². The van der Waals surface area contributed by atoms with E-state index in [1.165, 1.54) is 0 Å². The van der Waals surface area contributed by atoms with Crippen molar-refractivity contribution >= 4 is 36.2 Å². The maximum atomic E-state index is 11.8. The molecule has 0 saturated carbocycles. The Bertz CT molecular complexity index is 544. The van der Waals surface area contributed by atoms with Crippen LogP contribution in [0.1, 0.15) is 18.4 Å². The quantitative estimate of drug-likeness (QED) is 0.790. The van der Waals surface area contributed by atoms with Crippen LogP contribution >= 0.6 is 12.4 Å². The van der Waals surface area contributed by atoms with E-state index >= 15 is 0 Å². The van der Waals surface area contributed by atoms with Crippen molar-refractivity contribution in [3.05, 3.63) is 29.8 Å². The molecule has 1 fully saturated rings. The molecule has 0 bridgehead atoms. The van der Waals surface area contributed by atoms with E-state index in [2.05, 4.69) is 10.3 Å². The Morgan fingerprint density at radius 3 is 2.84 bits per heavy atom. The molecule has 2 amide bonds. The minimum atomic E-state index is -0.292. The fraction of sp³-hybridized carbons (Fsp3) is 0.308. The van der Waals surface area contributed by atoms with Gasteiger partial charge in [0.05, 0.1) is 12.0 Å². The van der Waals surface area contributed by atoms with Gasteiger partial charge in [-0.3, -0.25) is 14.9 Å². The number of amides is 2. The molecule has 1 saturated heterocycles. The van der Waals surface area contributed by atoms with Crippen LogP contribution in [-0.4, -0.2) is 29.1 Å². The third-order valence-corrected chi connectivity index (χ3v) is 3.30. The van der Waals surface area contributed by atoms with Crippen LogP contribution in [-0.2, 0) is 16.1 Å². The molecule has 1 N–H and O–H groups in total. The second-order valence-electron chi connectivity index (χ2n) is 4.51. The summed E-state index contributed by atoms with van der Waals surface area (Å²) < 4.78 is 0. The molecular weight excluding hydrogens is 266 g/mol. The second-order valence-corrected chi connectivity index (χ2v) is 4.51. The van der Waals surface area contributed by atoms with Crippen molar-refractivity contribution in [2.45, 2.75) is 25.4 Å². The lowest BCUT2D eigenvalue weighted by Crippen LogP contribution is -2.52. The maximum absolute atomic E-state index is 11.8. The molecule has 0 radical (unpaired) electrons. The van der Waals surface area contributed by atoms with Gasteiger partial charge in [0.1, 0.15) is 6.04 Å². The smallest absolute Gasteiger partial charge is 0.249 e. The van der Waals surface area contributed by atoms with E-state index in [-0.39, 0.29) is 30.3 Å². The Morgan fingerprint density at radius 1 is 1.26 bits per heavy atom. The summed E-state index contributed by atoms with van der Waals surface area (Å²) in [5.41, 5.74) is 2.05. The van der Waals surface area contributed by atoms with Crippen molar-refractivity contribution in [2.24, 2.45) is 4.99 Å². The van der Waals surface area contributed by atoms with Gasteiger partial charge in [-0.2, -0.15) is 0 Å². The number of carbonyl (C=O) groups excluding carboxylic acids is 2. The van der Waals surface area contributed by atoms with Crippen LogP contribution in [0, 0.1) is 0 Å². The summed E-state index contributed by atoms with van der Waals surface area (Å²) in [6.07, 6.45) is 2.64. The normalized spacial score (nSPS) is 21.5. The highest BCUT2D eigenvalue weighted by Crippen LogP contribution is 2.25. The van der Waals surface area contributed by atoms with Gasteiger partial charge in [0.15, 0.2) is 0 Å². The molecule has 0 aliphatic carbocycles. The SMILES string of the molecule is Cl.O=C1CCC(N2C=Nc3ccccc3C2)C(=O)N1. The largest absolute Gasteiger partial charge is 0.346 e. The predicted octanol–water partition coefficient (Wildman–Crippen LogP) is 1.39. The first-order valence-electron chi connectivity index (χ1n) is 5.95. The Kier molecular flexibility index (Phi) is 3.85. The average molecular weight is 280 g/mol. The molecule has 0 aromatic heterocycles. The van der Waals surface area contributed by atoms with Gasteiger partial charge < -0.3 is 4.90 Å². The maximum Gasteiger partial charge on any atom is 0.249 e. The van der Waals surface area contributed by atoms with Crippen LogP contribution in [0.15, 0.2) is 29.3 Å². The van der Waals surface area contributed by atoms with Gasteiger partial charge in [0.2, 0.25) is 11.8 Å². The Balaban J connectivity index is 0.00000133. The number of nitrogens with zero attached hydrogens (tertiary/aromatic N) is 2. The predicted molar refractivity (Wildman–Crippen MR) is 73.6 cm³/mol. The molecule has 1 atom stereocenters. The Hall–Kier alpha value is -1.88. The molecule has 1 aromatic rings. The summed E-state index contributed by atoms with van der Waals surface area (Å²) >= 11 is 0. The molecule has 2 aliphatic heterocycles. The third-order valence-electron chi connectivity index (χ3n) is 3.30. The molecule has 3 rings (SSSR count). The summed E-state index contributed by atoms with van der Waals surface area (Å²) in [7, 11) is 0. The van der Waals surface area contributed by atoms with Crippen LogP contribution in [0.4, 0.5) is 5.69 Å². The van der Waals surface area contributed by atoms with Crippen molar-refractivity contribution in [3.63, 3.8) is 0 Å². The van der Waals surface area contributed by atoms with Crippen LogP contribution in [0.5, 0.6) is 0 Å². The molecule has 2 aliphatic rings. The highest BCUT2D eigenvalue weighted by atomic mass is 35.5. The molecule has 19 heavy (non-hydrogen) atoms. The highest BCUT2D eigenvalue weighted by Gasteiger charge is 2.31. The number of fused-ring (bicyclic) bond motifs is 1. The summed E-state index contributed by atoms with van der Waals surface area (Å²) in [5, 5.41) is 2.37. The van der Waals surface area contributed by atoms with E-state index in [1.54, 1.807) is 6.34 Å². The van der Waals surface area contributed by atoms with Crippen molar-refractivity contribution in [3.8, 4) is 0 Å². The number of hydrogen-bond donors (Lipinski definition) is 1. The number of nitrogens with one attached hydrogen (secondary N) is 1. The van der Waals surface area contributed by atoms with Crippen molar-refractivity contribution in [1.82, 2.24) is 10.2 Å². The van der Waals surface area contributed by atoms with E-state index in [1.807, 2.05) is 29.2 Å². The minimum absolute atomic E-state index is 0. The fourth-order valence-corrected chi connectivity index (χ4v) is 2.33. The fourth-order valence-electron chi connectivity index (χ4n) is 2.33. The van der Waals surface area contributed by atoms with E-state index < -0.39 is 0 Å². The molecule has 5 nitrogen and oxygen atoms in total. The molecular formula is C13H14ClN3O2. The summed E-state index contributed by atoms with van der Waals surface area (Å²) in [5.74, 6) is -0.414. The molecule has 1 aromatic carbocycles. The second kappa shape index (κ2) is 5.40. The van der Waals surface area contributed by atoms with Gasteiger partial charge in [-0.15, -0.1) is 12.4 Å². The lowest BCUT2D eigenvalue weighted by Gasteiger charge is -2.33. The van der Waals surface area contributed by atoms with Gasteiger partial charge in [-0.25, -0.2) is 4.99 Å². The lowest BCUT2D eigenvalue weighted by molar-refractivity contribution is -0.136. The number of hydrogen-bond acceptors (Lipinski definition) is 4. The summed E-state index contributed by atoms with van der Waals surface area (Å²) in [6, 6.07) is 7.57. The molecule has 100 valence electrons. The lowest BCUT2D eigenvalue weighted by atomic mass is 10.0. The number of para-hydroxylation sites is 1. The number of piperidine rings is 1. The van der Waals surface area contributed by atoms with Crippen molar-refractivity contribution < 1.29 is 9.59 Å². The first kappa shape index (κ1) is 13.5. The van der Waals surface area contributed by atoms with Crippen LogP contribution in [0.3, 0.4) is 0 Å². The number of rotatable bonds is 1. The summed E-state index contributed by atoms with van der Waals surface area (Å²) in [4.78, 5) is 29.1. The number of imide groups is 1. The number of carbonyl (C=O) groups is 2. The molecule has 2 heterocycles. The van der Waals surface area contributed by atoms with E-state index in [9.17, 15) is 9.59 Å². The zero-order valence-corrected chi connectivity index (χ0v) is 11.0. The van der Waals surface area contributed by atoms with Crippen LogP contribution < -0.4 is 5.32 Å². The van der Waals surface area contributed by atoms with Gasteiger partial charge in [-0.1, -0.05) is 18.2 Å². The van der Waals surface area contributed by atoms with Crippen LogP contribution in [0.2, 0.25) is 0 Å².